The van der Waals surface area contributed by atoms with Gasteiger partial charge in [0, 0.05) is 19.8 Å². The van der Waals surface area contributed by atoms with Crippen LogP contribution in [0.1, 0.15) is 11.1 Å². The molecule has 0 radical (unpaired) electrons. The van der Waals surface area contributed by atoms with Gasteiger partial charge in [0.1, 0.15) is 0 Å². The molecular weight excluding hydrogens is 448 g/mol. The van der Waals surface area contributed by atoms with Crippen LogP contribution in [0.2, 0.25) is 0 Å². The Labute approximate surface area is 190 Å². The van der Waals surface area contributed by atoms with E-state index in [1.807, 2.05) is 41.8 Å². The van der Waals surface area contributed by atoms with E-state index in [2.05, 4.69) is 26.9 Å². The quantitative estimate of drug-likeness (QED) is 0.352. The molecule has 0 unspecified atom stereocenters. The molecule has 0 amide bonds. The van der Waals surface area contributed by atoms with E-state index in [1.165, 1.54) is 24.0 Å². The van der Waals surface area contributed by atoms with Gasteiger partial charge < -0.3 is 0 Å². The minimum Gasteiger partial charge on any atom is -0.297 e. The fourth-order valence-electron chi connectivity index (χ4n) is 3.05. The summed E-state index contributed by atoms with van der Waals surface area (Å²) in [4.78, 5) is 1.36. The highest BCUT2D eigenvalue weighted by atomic mass is 32.2. The fourth-order valence-corrected chi connectivity index (χ4v) is 5.62. The van der Waals surface area contributed by atoms with E-state index in [4.69, 9.17) is 0 Å². The maximum Gasteiger partial charge on any atom is 0.242 e. The first kappa shape index (κ1) is 21.8. The van der Waals surface area contributed by atoms with Gasteiger partial charge in [-0.1, -0.05) is 60.3 Å². The van der Waals surface area contributed by atoms with Crippen molar-refractivity contribution in [1.29, 1.82) is 0 Å². The van der Waals surface area contributed by atoms with Crippen molar-refractivity contribution in [1.82, 2.24) is 19.1 Å². The average molecular weight is 471 g/mol. The third kappa shape index (κ3) is 4.90. The van der Waals surface area contributed by atoms with Gasteiger partial charge in [0.25, 0.3) is 0 Å². The summed E-state index contributed by atoms with van der Waals surface area (Å²) in [6, 6.07) is 21.3. The molecule has 4 rings (SSSR count). The lowest BCUT2D eigenvalue weighted by atomic mass is 10.2. The predicted molar refractivity (Wildman–Crippen MR) is 126 cm³/mol. The molecule has 160 valence electrons. The first-order valence-corrected chi connectivity index (χ1v) is 12.9. The number of aromatic nitrogens is 3. The van der Waals surface area contributed by atoms with Crippen LogP contribution in [0.15, 0.2) is 82.2 Å². The Morgan fingerprint density at radius 1 is 0.968 bits per heavy atom. The van der Waals surface area contributed by atoms with Crippen LogP contribution in [0.4, 0.5) is 0 Å². The number of thioether (sulfide) groups is 1. The second kappa shape index (κ2) is 9.35. The van der Waals surface area contributed by atoms with E-state index < -0.39 is 10.0 Å². The molecule has 2 aromatic heterocycles. The Hall–Kier alpha value is -2.46. The van der Waals surface area contributed by atoms with Gasteiger partial charge in [-0.25, -0.2) is 12.7 Å². The van der Waals surface area contributed by atoms with Crippen molar-refractivity contribution in [3.8, 4) is 10.7 Å². The van der Waals surface area contributed by atoms with Crippen molar-refractivity contribution in [2.24, 2.45) is 0 Å². The molecule has 2 aromatic carbocycles. The van der Waals surface area contributed by atoms with Crippen molar-refractivity contribution in [2.45, 2.75) is 22.3 Å². The SMILES string of the molecule is CN(C)S(=O)(=O)c1cccc(CSc2nnc(-c3cccs3)n2Cc2ccccc2)c1. The summed E-state index contributed by atoms with van der Waals surface area (Å²) >= 11 is 3.18. The van der Waals surface area contributed by atoms with Crippen molar-refractivity contribution < 1.29 is 8.42 Å². The maximum absolute atomic E-state index is 12.4. The van der Waals surface area contributed by atoms with E-state index in [0.29, 0.717) is 17.2 Å². The summed E-state index contributed by atoms with van der Waals surface area (Å²) in [7, 11) is -0.391. The summed E-state index contributed by atoms with van der Waals surface area (Å²) in [6.45, 7) is 0.665. The molecule has 0 spiro atoms. The number of benzene rings is 2. The van der Waals surface area contributed by atoms with Crippen LogP contribution in [0, 0.1) is 0 Å². The molecule has 0 saturated carbocycles. The van der Waals surface area contributed by atoms with E-state index in [9.17, 15) is 8.42 Å². The van der Waals surface area contributed by atoms with E-state index >= 15 is 0 Å². The van der Waals surface area contributed by atoms with Crippen LogP contribution in [-0.2, 0) is 22.3 Å². The number of rotatable bonds is 8. The Kier molecular flexibility index (Phi) is 6.57. The largest absolute Gasteiger partial charge is 0.297 e. The fraction of sp³-hybridized carbons (Fsp3) is 0.182. The van der Waals surface area contributed by atoms with E-state index in [1.54, 1.807) is 41.3 Å². The number of hydrogen-bond acceptors (Lipinski definition) is 6. The van der Waals surface area contributed by atoms with Gasteiger partial charge in [-0.3, -0.25) is 4.57 Å². The molecule has 0 aliphatic carbocycles. The molecule has 2 heterocycles. The lowest BCUT2D eigenvalue weighted by Gasteiger charge is -2.12. The first-order chi connectivity index (χ1) is 14.9. The minimum atomic E-state index is -3.46. The van der Waals surface area contributed by atoms with E-state index in [-0.39, 0.29) is 0 Å². The number of thiophene rings is 1. The molecule has 4 aromatic rings. The summed E-state index contributed by atoms with van der Waals surface area (Å²) in [5, 5.41) is 11.7. The summed E-state index contributed by atoms with van der Waals surface area (Å²) < 4.78 is 28.2. The molecule has 0 fully saturated rings. The second-order valence-corrected chi connectivity index (χ2v) is 11.1. The van der Waals surface area contributed by atoms with Gasteiger partial charge in [-0.2, -0.15) is 0 Å². The van der Waals surface area contributed by atoms with Crippen molar-refractivity contribution in [3.05, 3.63) is 83.2 Å². The normalized spacial score (nSPS) is 11.8. The molecule has 0 atom stereocenters. The monoisotopic (exact) mass is 470 g/mol. The lowest BCUT2D eigenvalue weighted by Crippen LogP contribution is -2.22. The smallest absolute Gasteiger partial charge is 0.242 e. The minimum absolute atomic E-state index is 0.292. The molecule has 0 aliphatic heterocycles. The second-order valence-electron chi connectivity index (χ2n) is 7.08. The van der Waals surface area contributed by atoms with Gasteiger partial charge in [-0.15, -0.1) is 21.5 Å². The highest BCUT2D eigenvalue weighted by molar-refractivity contribution is 7.98. The molecule has 9 heteroatoms. The third-order valence-corrected chi connectivity index (χ3v) is 8.40. The van der Waals surface area contributed by atoms with Crippen molar-refractivity contribution >= 4 is 33.1 Å². The number of hydrogen-bond donors (Lipinski definition) is 0. The Balaban J connectivity index is 1.61. The Bertz CT molecular complexity index is 1250. The van der Waals surface area contributed by atoms with Crippen molar-refractivity contribution in [3.63, 3.8) is 0 Å². The topological polar surface area (TPSA) is 68.1 Å². The molecule has 0 bridgehead atoms. The van der Waals surface area contributed by atoms with Crippen LogP contribution in [0.25, 0.3) is 10.7 Å². The van der Waals surface area contributed by atoms with Gasteiger partial charge in [-0.05, 0) is 34.7 Å². The van der Waals surface area contributed by atoms with Gasteiger partial charge in [0.15, 0.2) is 11.0 Å². The number of sulfonamides is 1. The molecule has 6 nitrogen and oxygen atoms in total. The first-order valence-electron chi connectivity index (χ1n) is 9.60. The lowest BCUT2D eigenvalue weighted by molar-refractivity contribution is 0.520. The zero-order valence-corrected chi connectivity index (χ0v) is 19.6. The summed E-state index contributed by atoms with van der Waals surface area (Å²) in [5.74, 6) is 1.43. The summed E-state index contributed by atoms with van der Waals surface area (Å²) in [5.41, 5.74) is 2.08. The highest BCUT2D eigenvalue weighted by Gasteiger charge is 2.18. The van der Waals surface area contributed by atoms with Crippen LogP contribution in [0.5, 0.6) is 0 Å². The maximum atomic E-state index is 12.4. The zero-order valence-electron chi connectivity index (χ0n) is 17.2. The molecular formula is C22H22N4O2S3. The van der Waals surface area contributed by atoms with Crippen LogP contribution in [0.3, 0.4) is 0 Å². The predicted octanol–water partition coefficient (Wildman–Crippen LogP) is 4.60. The van der Waals surface area contributed by atoms with Crippen LogP contribution >= 0.6 is 23.1 Å². The van der Waals surface area contributed by atoms with Gasteiger partial charge in [0.05, 0.1) is 16.3 Å². The molecule has 0 saturated heterocycles. The Morgan fingerprint density at radius 2 is 1.74 bits per heavy atom. The average Bonchev–Trinajstić information content (AvgIpc) is 3.43. The number of nitrogens with zero attached hydrogens (tertiary/aromatic N) is 4. The molecule has 0 aliphatic rings. The standard InChI is InChI=1S/C22H22N4O2S3/c1-25(2)31(27,28)19-11-6-10-18(14-19)16-30-22-24-23-21(20-12-7-13-29-20)26(22)15-17-8-4-3-5-9-17/h3-14H,15-16H2,1-2H3. The van der Waals surface area contributed by atoms with Crippen LogP contribution < -0.4 is 0 Å². The molecule has 31 heavy (non-hydrogen) atoms. The van der Waals surface area contributed by atoms with E-state index in [0.717, 1.165) is 21.4 Å². The summed E-state index contributed by atoms with van der Waals surface area (Å²) in [6.07, 6.45) is 0. The van der Waals surface area contributed by atoms with Gasteiger partial charge >= 0.3 is 0 Å². The van der Waals surface area contributed by atoms with Crippen LogP contribution in [-0.4, -0.2) is 41.6 Å². The third-order valence-electron chi connectivity index (χ3n) is 4.69. The Morgan fingerprint density at radius 3 is 2.45 bits per heavy atom. The zero-order chi connectivity index (χ0) is 21.8. The molecule has 0 N–H and O–H groups in total. The van der Waals surface area contributed by atoms with Crippen molar-refractivity contribution in [2.75, 3.05) is 14.1 Å². The van der Waals surface area contributed by atoms with Gasteiger partial charge in [0.2, 0.25) is 10.0 Å². The highest BCUT2D eigenvalue weighted by Crippen LogP contribution is 2.30.